The standard InChI is InChI=1S/C17H20F2N2/c1-3-20-12-13-9-10-17(15(19)11-13)21(4-2)16-8-6-5-7-14(16)18/h5-11,20H,3-4,12H2,1-2H3. The summed E-state index contributed by atoms with van der Waals surface area (Å²) < 4.78 is 28.3. The maximum Gasteiger partial charge on any atom is 0.147 e. The van der Waals surface area contributed by atoms with E-state index in [2.05, 4.69) is 5.32 Å². The lowest BCUT2D eigenvalue weighted by atomic mass is 10.1. The third kappa shape index (κ3) is 3.58. The first-order valence-corrected chi connectivity index (χ1v) is 7.18. The molecule has 0 atom stereocenters. The average molecular weight is 290 g/mol. The largest absolute Gasteiger partial charge is 0.337 e. The fourth-order valence-electron chi connectivity index (χ4n) is 2.29. The Kier molecular flexibility index (Phi) is 5.28. The van der Waals surface area contributed by atoms with Gasteiger partial charge in [0.25, 0.3) is 0 Å². The van der Waals surface area contributed by atoms with Gasteiger partial charge in [-0.3, -0.25) is 0 Å². The molecule has 0 heterocycles. The van der Waals surface area contributed by atoms with Crippen LogP contribution in [0.15, 0.2) is 42.5 Å². The van der Waals surface area contributed by atoms with Crippen LogP contribution in [0.25, 0.3) is 0 Å². The molecule has 0 unspecified atom stereocenters. The van der Waals surface area contributed by atoms with E-state index in [1.165, 1.54) is 12.1 Å². The van der Waals surface area contributed by atoms with Gasteiger partial charge in [0.05, 0.1) is 11.4 Å². The van der Waals surface area contributed by atoms with Crippen LogP contribution in [0.2, 0.25) is 0 Å². The second kappa shape index (κ2) is 7.18. The minimum absolute atomic E-state index is 0.337. The predicted molar refractivity (Wildman–Crippen MR) is 82.9 cm³/mol. The van der Waals surface area contributed by atoms with Crippen LogP contribution < -0.4 is 10.2 Å². The van der Waals surface area contributed by atoms with Gasteiger partial charge in [-0.05, 0) is 43.3 Å². The van der Waals surface area contributed by atoms with Crippen molar-refractivity contribution in [3.05, 3.63) is 59.7 Å². The van der Waals surface area contributed by atoms with Gasteiger partial charge in [0, 0.05) is 13.1 Å². The van der Waals surface area contributed by atoms with Gasteiger partial charge in [-0.15, -0.1) is 0 Å². The van der Waals surface area contributed by atoms with E-state index in [4.69, 9.17) is 0 Å². The van der Waals surface area contributed by atoms with Gasteiger partial charge in [-0.1, -0.05) is 25.1 Å². The summed E-state index contributed by atoms with van der Waals surface area (Å²) >= 11 is 0. The molecule has 2 aromatic carbocycles. The molecule has 2 rings (SSSR count). The summed E-state index contributed by atoms with van der Waals surface area (Å²) in [5.41, 5.74) is 1.66. The third-order valence-electron chi connectivity index (χ3n) is 3.34. The zero-order valence-electron chi connectivity index (χ0n) is 12.4. The molecule has 2 aromatic rings. The van der Waals surface area contributed by atoms with E-state index in [0.29, 0.717) is 24.5 Å². The number of hydrogen-bond acceptors (Lipinski definition) is 2. The number of anilines is 2. The minimum atomic E-state index is -0.351. The van der Waals surface area contributed by atoms with Crippen LogP contribution in [0.4, 0.5) is 20.2 Å². The van der Waals surface area contributed by atoms with Crippen LogP contribution in [0, 0.1) is 11.6 Å². The van der Waals surface area contributed by atoms with E-state index in [9.17, 15) is 8.78 Å². The molecule has 0 saturated carbocycles. The third-order valence-corrected chi connectivity index (χ3v) is 3.34. The predicted octanol–water partition coefficient (Wildman–Crippen LogP) is 4.23. The molecule has 0 aliphatic carbocycles. The first kappa shape index (κ1) is 15.4. The van der Waals surface area contributed by atoms with Crippen molar-refractivity contribution in [1.82, 2.24) is 5.32 Å². The van der Waals surface area contributed by atoms with Gasteiger partial charge in [0.2, 0.25) is 0 Å². The molecule has 0 spiro atoms. The zero-order chi connectivity index (χ0) is 15.2. The average Bonchev–Trinajstić information content (AvgIpc) is 2.49. The summed E-state index contributed by atoms with van der Waals surface area (Å²) in [5, 5.41) is 3.15. The number of benzene rings is 2. The summed E-state index contributed by atoms with van der Waals surface area (Å²) in [6.07, 6.45) is 0. The lowest BCUT2D eigenvalue weighted by molar-refractivity contribution is 0.611. The highest BCUT2D eigenvalue weighted by atomic mass is 19.1. The molecule has 0 bridgehead atoms. The molecule has 112 valence electrons. The maximum atomic E-state index is 14.3. The van der Waals surface area contributed by atoms with Gasteiger partial charge in [0.1, 0.15) is 11.6 Å². The van der Waals surface area contributed by atoms with E-state index < -0.39 is 0 Å². The molecule has 0 amide bonds. The van der Waals surface area contributed by atoms with Gasteiger partial charge in [-0.25, -0.2) is 8.78 Å². The van der Waals surface area contributed by atoms with Crippen molar-refractivity contribution >= 4 is 11.4 Å². The zero-order valence-corrected chi connectivity index (χ0v) is 12.4. The Morgan fingerprint density at radius 3 is 2.29 bits per heavy atom. The van der Waals surface area contributed by atoms with Crippen LogP contribution in [-0.2, 0) is 6.54 Å². The second-order valence-electron chi connectivity index (χ2n) is 4.76. The molecular weight excluding hydrogens is 270 g/mol. The fraction of sp³-hybridized carbons (Fsp3) is 0.294. The van der Waals surface area contributed by atoms with E-state index in [-0.39, 0.29) is 11.6 Å². The molecule has 0 aromatic heterocycles. The van der Waals surface area contributed by atoms with Crippen LogP contribution in [0.5, 0.6) is 0 Å². The molecule has 21 heavy (non-hydrogen) atoms. The monoisotopic (exact) mass is 290 g/mol. The Hall–Kier alpha value is -1.94. The van der Waals surface area contributed by atoms with Crippen LogP contribution in [0.3, 0.4) is 0 Å². The molecule has 0 radical (unpaired) electrons. The highest BCUT2D eigenvalue weighted by molar-refractivity contribution is 5.64. The van der Waals surface area contributed by atoms with Crippen molar-refractivity contribution in [2.75, 3.05) is 18.0 Å². The molecular formula is C17H20F2N2. The Morgan fingerprint density at radius 1 is 0.952 bits per heavy atom. The molecule has 4 heteroatoms. The molecule has 0 aliphatic rings. The maximum absolute atomic E-state index is 14.3. The first-order valence-electron chi connectivity index (χ1n) is 7.18. The summed E-state index contributed by atoms with van der Waals surface area (Å²) in [6.45, 7) is 5.82. The SMILES string of the molecule is CCNCc1ccc(N(CC)c2ccccc2F)c(F)c1. The Labute approximate surface area is 124 Å². The van der Waals surface area contributed by atoms with Gasteiger partial charge >= 0.3 is 0 Å². The van der Waals surface area contributed by atoms with Gasteiger partial charge in [0.15, 0.2) is 0 Å². The fourth-order valence-corrected chi connectivity index (χ4v) is 2.29. The minimum Gasteiger partial charge on any atom is -0.337 e. The summed E-state index contributed by atoms with van der Waals surface area (Å²) in [6, 6.07) is 11.5. The van der Waals surface area contributed by atoms with E-state index in [1.54, 1.807) is 29.2 Å². The van der Waals surface area contributed by atoms with Gasteiger partial charge in [-0.2, -0.15) is 0 Å². The first-order chi connectivity index (χ1) is 10.2. The summed E-state index contributed by atoms with van der Waals surface area (Å²) in [5.74, 6) is -0.689. The van der Waals surface area contributed by atoms with Crippen molar-refractivity contribution in [2.24, 2.45) is 0 Å². The van der Waals surface area contributed by atoms with E-state index in [1.807, 2.05) is 19.9 Å². The molecule has 2 nitrogen and oxygen atoms in total. The summed E-state index contributed by atoms with van der Waals surface area (Å²) in [4.78, 5) is 1.64. The highest BCUT2D eigenvalue weighted by Gasteiger charge is 2.15. The topological polar surface area (TPSA) is 15.3 Å². The number of para-hydroxylation sites is 1. The van der Waals surface area contributed by atoms with Crippen molar-refractivity contribution < 1.29 is 8.78 Å². The van der Waals surface area contributed by atoms with Crippen molar-refractivity contribution in [1.29, 1.82) is 0 Å². The number of halogens is 2. The quantitative estimate of drug-likeness (QED) is 0.856. The van der Waals surface area contributed by atoms with Crippen LogP contribution in [0.1, 0.15) is 19.4 Å². The van der Waals surface area contributed by atoms with E-state index in [0.717, 1.165) is 12.1 Å². The Morgan fingerprint density at radius 2 is 1.67 bits per heavy atom. The molecule has 0 saturated heterocycles. The Balaban J connectivity index is 2.33. The van der Waals surface area contributed by atoms with Crippen LogP contribution >= 0.6 is 0 Å². The number of nitrogens with one attached hydrogen (secondary N) is 1. The van der Waals surface area contributed by atoms with Crippen molar-refractivity contribution in [3.8, 4) is 0 Å². The second-order valence-corrected chi connectivity index (χ2v) is 4.76. The lowest BCUT2D eigenvalue weighted by Crippen LogP contribution is -2.19. The van der Waals surface area contributed by atoms with Gasteiger partial charge < -0.3 is 10.2 Å². The number of nitrogens with zero attached hydrogens (tertiary/aromatic N) is 1. The molecule has 0 fully saturated rings. The highest BCUT2D eigenvalue weighted by Crippen LogP contribution is 2.30. The summed E-state index contributed by atoms with van der Waals surface area (Å²) in [7, 11) is 0. The van der Waals surface area contributed by atoms with Crippen molar-refractivity contribution in [2.45, 2.75) is 20.4 Å². The molecule has 0 aliphatic heterocycles. The van der Waals surface area contributed by atoms with Crippen molar-refractivity contribution in [3.63, 3.8) is 0 Å². The van der Waals surface area contributed by atoms with Crippen LogP contribution in [-0.4, -0.2) is 13.1 Å². The Bertz CT molecular complexity index is 599. The smallest absolute Gasteiger partial charge is 0.147 e. The number of rotatable bonds is 6. The lowest BCUT2D eigenvalue weighted by Gasteiger charge is -2.24. The number of hydrogen-bond donors (Lipinski definition) is 1. The van der Waals surface area contributed by atoms with E-state index >= 15 is 0 Å². The molecule has 1 N–H and O–H groups in total. The normalized spacial score (nSPS) is 10.7.